The van der Waals surface area contributed by atoms with Gasteiger partial charge in [-0.1, -0.05) is 0 Å². The molecule has 2 aliphatic heterocycles. The number of aromatic nitrogens is 2. The van der Waals surface area contributed by atoms with E-state index >= 15 is 0 Å². The number of anilines is 1. The monoisotopic (exact) mass is 512 g/mol. The number of likely N-dealkylation sites (tertiary alicyclic amines) is 2. The number of benzene rings is 1. The lowest BCUT2D eigenvalue weighted by molar-refractivity contribution is -0.137. The van der Waals surface area contributed by atoms with Crippen molar-refractivity contribution in [1.29, 1.82) is 0 Å². The number of alkyl halides is 5. The minimum absolute atomic E-state index is 0.00766. The first kappa shape index (κ1) is 25.1. The highest BCUT2D eigenvalue weighted by Gasteiger charge is 2.42. The average molecular weight is 513 g/mol. The molecule has 36 heavy (non-hydrogen) atoms. The van der Waals surface area contributed by atoms with Crippen molar-refractivity contribution in [2.24, 2.45) is 0 Å². The highest BCUT2D eigenvalue weighted by Crippen LogP contribution is 2.35. The van der Waals surface area contributed by atoms with Gasteiger partial charge in [0.15, 0.2) is 0 Å². The molecule has 0 unspecified atom stereocenters. The SMILES string of the molecule is O=C(CNc1ncnc2ccc(C(F)(F)F)cc12)NC1CN([C@H]2CC[C@@H](N3CCC(F)(F)C3)CC2)C1. The molecular weight excluding hydrogens is 483 g/mol. The van der Waals surface area contributed by atoms with Crippen LogP contribution in [0.4, 0.5) is 27.8 Å². The number of nitrogens with one attached hydrogen (secondary N) is 2. The maximum absolute atomic E-state index is 13.5. The predicted molar refractivity (Wildman–Crippen MR) is 124 cm³/mol. The Morgan fingerprint density at radius 2 is 1.75 bits per heavy atom. The van der Waals surface area contributed by atoms with Gasteiger partial charge >= 0.3 is 6.18 Å². The summed E-state index contributed by atoms with van der Waals surface area (Å²) in [4.78, 5) is 24.7. The van der Waals surface area contributed by atoms with E-state index in [1.54, 1.807) is 0 Å². The summed E-state index contributed by atoms with van der Waals surface area (Å²) in [5.41, 5.74) is -0.456. The van der Waals surface area contributed by atoms with Gasteiger partial charge in [0.1, 0.15) is 12.1 Å². The molecule has 1 aromatic carbocycles. The molecule has 1 aromatic heterocycles. The molecular formula is C24H29F5N6O. The number of amides is 1. The van der Waals surface area contributed by atoms with Gasteiger partial charge in [-0.25, -0.2) is 18.7 Å². The molecule has 0 bridgehead atoms. The van der Waals surface area contributed by atoms with E-state index in [-0.39, 0.29) is 48.7 Å². The van der Waals surface area contributed by atoms with Crippen LogP contribution < -0.4 is 10.6 Å². The maximum Gasteiger partial charge on any atom is 0.416 e. The molecule has 0 spiro atoms. The number of nitrogens with zero attached hydrogens (tertiary/aromatic N) is 4. The third-order valence-electron chi connectivity index (χ3n) is 7.55. The second-order valence-corrected chi connectivity index (χ2v) is 10.1. The topological polar surface area (TPSA) is 73.4 Å². The zero-order chi connectivity index (χ0) is 25.5. The number of halogens is 5. The number of fused-ring (bicyclic) bond motifs is 1. The molecule has 2 aromatic rings. The highest BCUT2D eigenvalue weighted by atomic mass is 19.4. The minimum Gasteiger partial charge on any atom is -0.360 e. The van der Waals surface area contributed by atoms with E-state index in [0.29, 0.717) is 18.1 Å². The van der Waals surface area contributed by atoms with E-state index < -0.39 is 17.7 Å². The molecule has 1 amide bonds. The van der Waals surface area contributed by atoms with Crippen molar-refractivity contribution in [3.63, 3.8) is 0 Å². The Morgan fingerprint density at radius 1 is 1.06 bits per heavy atom. The normalized spacial score (nSPS) is 25.6. The highest BCUT2D eigenvalue weighted by molar-refractivity contribution is 5.91. The zero-order valence-corrected chi connectivity index (χ0v) is 19.7. The first-order valence-electron chi connectivity index (χ1n) is 12.3. The Labute approximate surface area is 205 Å². The van der Waals surface area contributed by atoms with E-state index in [2.05, 4.69) is 25.5 Å². The summed E-state index contributed by atoms with van der Waals surface area (Å²) >= 11 is 0. The van der Waals surface area contributed by atoms with Crippen LogP contribution in [-0.2, 0) is 11.0 Å². The standard InChI is InChI=1S/C24H29F5N6O/c25-23(26)7-8-34(13-23)17-2-4-18(5-3-17)35-11-16(12-35)33-21(36)10-30-22-19-9-15(24(27,28)29)1-6-20(19)31-14-32-22/h1,6,9,14,16-18H,2-5,7-8,10-13H2,(H,33,36)(H,30,31,32)/t17-,18+. The molecule has 196 valence electrons. The second kappa shape index (κ2) is 9.70. The molecule has 1 saturated carbocycles. The second-order valence-electron chi connectivity index (χ2n) is 10.1. The van der Waals surface area contributed by atoms with Crippen LogP contribution in [0.25, 0.3) is 10.9 Å². The van der Waals surface area contributed by atoms with Gasteiger partial charge in [0.05, 0.1) is 30.2 Å². The number of carbonyl (C=O) groups excluding carboxylic acids is 1. The molecule has 3 heterocycles. The molecule has 3 fully saturated rings. The van der Waals surface area contributed by atoms with Crippen molar-refractivity contribution in [2.45, 2.75) is 62.3 Å². The summed E-state index contributed by atoms with van der Waals surface area (Å²) in [6.07, 6.45) is 0.478. The summed E-state index contributed by atoms with van der Waals surface area (Å²) < 4.78 is 66.2. The van der Waals surface area contributed by atoms with E-state index in [0.717, 1.165) is 50.9 Å². The van der Waals surface area contributed by atoms with Gasteiger partial charge in [0.2, 0.25) is 5.91 Å². The Hall–Kier alpha value is -2.60. The van der Waals surface area contributed by atoms with Gasteiger partial charge in [-0.15, -0.1) is 0 Å². The number of hydrogen-bond donors (Lipinski definition) is 2. The van der Waals surface area contributed by atoms with Gasteiger partial charge in [0.25, 0.3) is 5.92 Å². The first-order chi connectivity index (χ1) is 17.1. The van der Waals surface area contributed by atoms with Crippen LogP contribution in [0.15, 0.2) is 24.5 Å². The Bertz CT molecular complexity index is 1100. The summed E-state index contributed by atoms with van der Waals surface area (Å²) in [7, 11) is 0. The smallest absolute Gasteiger partial charge is 0.360 e. The quantitative estimate of drug-likeness (QED) is 0.578. The van der Waals surface area contributed by atoms with Crippen LogP contribution in [0, 0.1) is 0 Å². The van der Waals surface area contributed by atoms with Crippen molar-refractivity contribution in [3.05, 3.63) is 30.1 Å². The van der Waals surface area contributed by atoms with Crippen molar-refractivity contribution in [2.75, 3.05) is 38.0 Å². The summed E-state index contributed by atoms with van der Waals surface area (Å²) in [6, 6.07) is 3.87. The van der Waals surface area contributed by atoms with Crippen molar-refractivity contribution >= 4 is 22.6 Å². The molecule has 0 atom stereocenters. The zero-order valence-electron chi connectivity index (χ0n) is 19.7. The van der Waals surface area contributed by atoms with Crippen LogP contribution in [-0.4, -0.2) is 82.4 Å². The van der Waals surface area contributed by atoms with E-state index in [1.165, 1.54) is 12.4 Å². The predicted octanol–water partition coefficient (Wildman–Crippen LogP) is 3.51. The van der Waals surface area contributed by atoms with Crippen molar-refractivity contribution < 1.29 is 26.7 Å². The fourth-order valence-corrected chi connectivity index (χ4v) is 5.58. The molecule has 2 saturated heterocycles. The Balaban J connectivity index is 1.06. The number of hydrogen-bond acceptors (Lipinski definition) is 6. The molecule has 5 rings (SSSR count). The van der Waals surface area contributed by atoms with Crippen LogP contribution in [0.2, 0.25) is 0 Å². The maximum atomic E-state index is 13.5. The lowest BCUT2D eigenvalue weighted by Gasteiger charge is -2.47. The minimum atomic E-state index is -4.49. The fourth-order valence-electron chi connectivity index (χ4n) is 5.58. The Kier molecular flexibility index (Phi) is 6.75. The molecule has 12 heteroatoms. The van der Waals surface area contributed by atoms with Gasteiger partial charge in [-0.05, 0) is 43.9 Å². The van der Waals surface area contributed by atoms with Crippen LogP contribution in [0.5, 0.6) is 0 Å². The van der Waals surface area contributed by atoms with Crippen LogP contribution in [0.1, 0.15) is 37.7 Å². The lowest BCUT2D eigenvalue weighted by atomic mass is 9.87. The average Bonchev–Trinajstić information content (AvgIpc) is 3.18. The Morgan fingerprint density at radius 3 is 2.39 bits per heavy atom. The first-order valence-corrected chi connectivity index (χ1v) is 12.3. The summed E-state index contributed by atoms with van der Waals surface area (Å²) in [6.45, 7) is 1.69. The molecule has 7 nitrogen and oxygen atoms in total. The van der Waals surface area contributed by atoms with E-state index in [9.17, 15) is 26.7 Å². The number of rotatable bonds is 6. The third-order valence-corrected chi connectivity index (χ3v) is 7.55. The van der Waals surface area contributed by atoms with Crippen LogP contribution >= 0.6 is 0 Å². The van der Waals surface area contributed by atoms with E-state index in [1.807, 2.05) is 4.90 Å². The van der Waals surface area contributed by atoms with Crippen LogP contribution in [0.3, 0.4) is 0 Å². The largest absolute Gasteiger partial charge is 0.416 e. The molecule has 1 aliphatic carbocycles. The van der Waals surface area contributed by atoms with Gasteiger partial charge in [0, 0.05) is 43.5 Å². The van der Waals surface area contributed by atoms with Gasteiger partial charge in [-0.2, -0.15) is 13.2 Å². The van der Waals surface area contributed by atoms with Crippen molar-refractivity contribution in [1.82, 2.24) is 25.1 Å². The molecule has 0 radical (unpaired) electrons. The summed E-state index contributed by atoms with van der Waals surface area (Å²) in [5.74, 6) is -2.65. The van der Waals surface area contributed by atoms with Gasteiger partial charge in [-0.3, -0.25) is 14.6 Å². The number of carbonyl (C=O) groups is 1. The fraction of sp³-hybridized carbons (Fsp3) is 0.625. The molecule has 3 aliphatic rings. The van der Waals surface area contributed by atoms with Crippen molar-refractivity contribution in [3.8, 4) is 0 Å². The molecule has 2 N–H and O–H groups in total. The summed E-state index contributed by atoms with van der Waals surface area (Å²) in [5, 5.41) is 5.97. The van der Waals surface area contributed by atoms with E-state index in [4.69, 9.17) is 0 Å². The third kappa shape index (κ3) is 5.54. The lowest BCUT2D eigenvalue weighted by Crippen LogP contribution is -2.63. The van der Waals surface area contributed by atoms with Gasteiger partial charge < -0.3 is 10.6 Å².